The minimum absolute atomic E-state index is 0.163. The molecule has 0 aliphatic carbocycles. The fourth-order valence-corrected chi connectivity index (χ4v) is 3.37. The summed E-state index contributed by atoms with van der Waals surface area (Å²) in [7, 11) is 1.62. The van der Waals surface area contributed by atoms with Gasteiger partial charge < -0.3 is 9.72 Å². The predicted octanol–water partition coefficient (Wildman–Crippen LogP) is 1.45. The maximum absolute atomic E-state index is 12.2. The number of hydrogen-bond donors (Lipinski definition) is 2. The number of aromatic amines is 2. The molecule has 3 aromatic rings. The van der Waals surface area contributed by atoms with Crippen LogP contribution in [0.15, 0.2) is 32.9 Å². The Hall–Kier alpha value is -2.39. The van der Waals surface area contributed by atoms with E-state index in [0.717, 1.165) is 5.56 Å². The summed E-state index contributed by atoms with van der Waals surface area (Å²) >= 11 is 1.35. The molecule has 0 fully saturated rings. The Morgan fingerprint density at radius 1 is 1.32 bits per heavy atom. The van der Waals surface area contributed by atoms with Crippen molar-refractivity contribution in [2.45, 2.75) is 30.8 Å². The number of H-pyrrole nitrogens is 2. The van der Waals surface area contributed by atoms with Crippen LogP contribution in [-0.4, -0.2) is 38.4 Å². The van der Waals surface area contributed by atoms with Crippen LogP contribution >= 0.6 is 11.8 Å². The molecule has 132 valence electrons. The monoisotopic (exact) mass is 361 g/mol. The Labute approximate surface area is 147 Å². The first kappa shape index (κ1) is 17.4. The smallest absolute Gasteiger partial charge is 0.343 e. The van der Waals surface area contributed by atoms with Gasteiger partial charge in [-0.3, -0.25) is 9.36 Å². The van der Waals surface area contributed by atoms with E-state index in [1.54, 1.807) is 17.7 Å². The van der Waals surface area contributed by atoms with Gasteiger partial charge in [0.15, 0.2) is 5.16 Å². The number of rotatable bonds is 7. The van der Waals surface area contributed by atoms with Gasteiger partial charge in [-0.2, -0.15) is 0 Å². The topological polar surface area (TPSA) is 106 Å². The number of methoxy groups -OCH3 is 1. The highest BCUT2D eigenvalue weighted by Gasteiger charge is 2.11. The van der Waals surface area contributed by atoms with Crippen LogP contribution in [0.1, 0.15) is 17.8 Å². The number of para-hydroxylation sites is 1. The first-order valence-electron chi connectivity index (χ1n) is 7.85. The van der Waals surface area contributed by atoms with Gasteiger partial charge in [0.05, 0.1) is 16.7 Å². The molecular weight excluding hydrogens is 342 g/mol. The molecule has 0 saturated heterocycles. The molecule has 0 aliphatic heterocycles. The highest BCUT2D eigenvalue weighted by molar-refractivity contribution is 7.98. The summed E-state index contributed by atoms with van der Waals surface area (Å²) in [6.07, 6.45) is 0.716. The quantitative estimate of drug-likeness (QED) is 0.487. The Morgan fingerprint density at radius 3 is 2.96 bits per heavy atom. The molecule has 0 radical (unpaired) electrons. The van der Waals surface area contributed by atoms with Crippen molar-refractivity contribution in [2.24, 2.45) is 0 Å². The molecule has 9 heteroatoms. The van der Waals surface area contributed by atoms with Crippen molar-refractivity contribution in [2.75, 3.05) is 13.7 Å². The van der Waals surface area contributed by atoms with Gasteiger partial charge in [-0.05, 0) is 25.0 Å². The third-order valence-electron chi connectivity index (χ3n) is 3.78. The lowest BCUT2D eigenvalue weighted by Crippen LogP contribution is -2.18. The number of hydrogen-bond acceptors (Lipinski definition) is 6. The minimum Gasteiger partial charge on any atom is -0.385 e. The van der Waals surface area contributed by atoms with E-state index in [1.165, 1.54) is 11.8 Å². The molecule has 0 aliphatic rings. The van der Waals surface area contributed by atoms with Gasteiger partial charge >= 0.3 is 5.69 Å². The summed E-state index contributed by atoms with van der Waals surface area (Å²) in [6.45, 7) is 3.01. The van der Waals surface area contributed by atoms with Crippen LogP contribution in [0.3, 0.4) is 0 Å². The molecule has 0 bridgehead atoms. The zero-order valence-corrected chi connectivity index (χ0v) is 14.9. The predicted molar refractivity (Wildman–Crippen MR) is 96.0 cm³/mol. The summed E-state index contributed by atoms with van der Waals surface area (Å²) in [4.78, 5) is 31.4. The van der Waals surface area contributed by atoms with Crippen molar-refractivity contribution in [3.8, 4) is 0 Å². The van der Waals surface area contributed by atoms with E-state index in [1.807, 2.05) is 19.1 Å². The number of benzene rings is 1. The van der Waals surface area contributed by atoms with Gasteiger partial charge in [0, 0.05) is 20.3 Å². The molecule has 2 N–H and O–H groups in total. The van der Waals surface area contributed by atoms with E-state index in [2.05, 4.69) is 20.2 Å². The van der Waals surface area contributed by atoms with Crippen molar-refractivity contribution < 1.29 is 4.74 Å². The van der Waals surface area contributed by atoms with Gasteiger partial charge in [-0.1, -0.05) is 23.9 Å². The van der Waals surface area contributed by atoms with Crippen LogP contribution in [0.25, 0.3) is 10.9 Å². The minimum atomic E-state index is -0.255. The summed E-state index contributed by atoms with van der Waals surface area (Å²) in [5, 5.41) is 7.63. The largest absolute Gasteiger partial charge is 0.385 e. The van der Waals surface area contributed by atoms with Gasteiger partial charge in [0.2, 0.25) is 0 Å². The molecule has 8 nitrogen and oxygen atoms in total. The van der Waals surface area contributed by atoms with Crippen molar-refractivity contribution in [1.82, 2.24) is 24.7 Å². The molecule has 25 heavy (non-hydrogen) atoms. The number of nitrogens with one attached hydrogen (secondary N) is 2. The first-order chi connectivity index (χ1) is 12.1. The van der Waals surface area contributed by atoms with Crippen LogP contribution in [0.5, 0.6) is 0 Å². The summed E-state index contributed by atoms with van der Waals surface area (Å²) in [6, 6.07) is 5.52. The van der Waals surface area contributed by atoms with Gasteiger partial charge in [-0.15, -0.1) is 5.10 Å². The second-order valence-corrected chi connectivity index (χ2v) is 6.52. The Kier molecular flexibility index (Phi) is 5.34. The van der Waals surface area contributed by atoms with Gasteiger partial charge in [0.1, 0.15) is 5.82 Å². The molecular formula is C16H19N5O3S. The Balaban J connectivity index is 1.81. The Bertz CT molecular complexity index is 991. The lowest BCUT2D eigenvalue weighted by Gasteiger charge is -2.06. The number of aryl methyl sites for hydroxylation is 1. The summed E-state index contributed by atoms with van der Waals surface area (Å²) < 4.78 is 6.58. The van der Waals surface area contributed by atoms with Gasteiger partial charge in [0.25, 0.3) is 5.56 Å². The SMILES string of the molecule is COCCCn1c(SCc2nc3c(C)cccc3c(=O)[nH]2)n[nH]c1=O. The van der Waals surface area contributed by atoms with E-state index in [9.17, 15) is 9.59 Å². The zero-order valence-electron chi connectivity index (χ0n) is 14.0. The van der Waals surface area contributed by atoms with Crippen molar-refractivity contribution in [1.29, 1.82) is 0 Å². The first-order valence-corrected chi connectivity index (χ1v) is 8.84. The molecule has 0 amide bonds. The van der Waals surface area contributed by atoms with Crippen molar-refractivity contribution in [3.05, 3.63) is 50.4 Å². The highest BCUT2D eigenvalue weighted by Crippen LogP contribution is 2.19. The molecule has 3 rings (SSSR count). The average Bonchev–Trinajstić information content (AvgIpc) is 2.94. The standard InChI is InChI=1S/C16H19N5O3S/c1-10-5-3-6-11-13(10)17-12(18-14(11)22)9-25-16-20-19-15(23)21(16)7-4-8-24-2/h3,5-6H,4,7-9H2,1-2H3,(H,19,23)(H,17,18,22). The number of thioether (sulfide) groups is 1. The van der Waals surface area contributed by atoms with Crippen LogP contribution in [-0.2, 0) is 17.0 Å². The molecule has 0 atom stereocenters. The average molecular weight is 361 g/mol. The van der Waals surface area contributed by atoms with E-state index < -0.39 is 0 Å². The maximum atomic E-state index is 12.2. The Morgan fingerprint density at radius 2 is 2.16 bits per heavy atom. The lowest BCUT2D eigenvalue weighted by atomic mass is 10.1. The molecule has 2 aromatic heterocycles. The molecule has 0 saturated carbocycles. The van der Waals surface area contributed by atoms with Gasteiger partial charge in [-0.25, -0.2) is 14.9 Å². The second-order valence-electron chi connectivity index (χ2n) is 5.58. The maximum Gasteiger partial charge on any atom is 0.343 e. The zero-order chi connectivity index (χ0) is 17.8. The van der Waals surface area contributed by atoms with Crippen LogP contribution in [0.4, 0.5) is 0 Å². The van der Waals surface area contributed by atoms with Crippen molar-refractivity contribution >= 4 is 22.7 Å². The fourth-order valence-electron chi connectivity index (χ4n) is 2.53. The molecule has 0 unspecified atom stereocenters. The number of aromatic nitrogens is 5. The van der Waals surface area contributed by atoms with Crippen LogP contribution < -0.4 is 11.2 Å². The fraction of sp³-hybridized carbons (Fsp3) is 0.375. The molecule has 2 heterocycles. The number of fused-ring (bicyclic) bond motifs is 1. The lowest BCUT2D eigenvalue weighted by molar-refractivity contribution is 0.189. The third-order valence-corrected chi connectivity index (χ3v) is 4.77. The molecule has 1 aromatic carbocycles. The summed E-state index contributed by atoms with van der Waals surface area (Å²) in [5.74, 6) is 0.962. The second kappa shape index (κ2) is 7.66. The number of nitrogens with zero attached hydrogens (tertiary/aromatic N) is 3. The normalized spacial score (nSPS) is 11.3. The van der Waals surface area contributed by atoms with Crippen molar-refractivity contribution in [3.63, 3.8) is 0 Å². The third kappa shape index (κ3) is 3.83. The highest BCUT2D eigenvalue weighted by atomic mass is 32.2. The van der Waals surface area contributed by atoms with E-state index in [4.69, 9.17) is 4.74 Å². The van der Waals surface area contributed by atoms with E-state index in [-0.39, 0.29) is 11.2 Å². The van der Waals surface area contributed by atoms with E-state index in [0.29, 0.717) is 47.2 Å². The van der Waals surface area contributed by atoms with E-state index >= 15 is 0 Å². The molecule has 0 spiro atoms. The number of ether oxygens (including phenoxy) is 1. The summed E-state index contributed by atoms with van der Waals surface area (Å²) in [5.41, 5.74) is 1.23. The van der Waals surface area contributed by atoms with Crippen LogP contribution in [0, 0.1) is 6.92 Å². The van der Waals surface area contributed by atoms with Crippen LogP contribution in [0.2, 0.25) is 0 Å².